The average molecular weight is 440 g/mol. The van der Waals surface area contributed by atoms with Crippen molar-refractivity contribution >= 4 is 32.6 Å². The molecule has 2 aromatic carbocycles. The third-order valence-electron chi connectivity index (χ3n) is 5.95. The molecule has 1 aromatic heterocycles. The standard InChI is InChI=1S/C25H29NO4S/c1-4-7-25(27)26(31(28,29)20-13-10-18(11-14-20)17(2)3)19-12-15-24-22(16-19)21-8-5-6-9-23(21)30-24/h10-17H,4-9H2,1-3H3. The summed E-state index contributed by atoms with van der Waals surface area (Å²) in [6.07, 6.45) is 4.73. The Kier molecular flexibility index (Phi) is 5.93. The van der Waals surface area contributed by atoms with Crippen LogP contribution in [0.15, 0.2) is 51.8 Å². The molecule has 0 atom stereocenters. The summed E-state index contributed by atoms with van der Waals surface area (Å²) in [7, 11) is -4.04. The van der Waals surface area contributed by atoms with Crippen LogP contribution in [0.3, 0.4) is 0 Å². The first-order chi connectivity index (χ1) is 14.8. The van der Waals surface area contributed by atoms with Crippen molar-refractivity contribution < 1.29 is 17.6 Å². The fourth-order valence-electron chi connectivity index (χ4n) is 4.24. The largest absolute Gasteiger partial charge is 0.461 e. The number of anilines is 1. The van der Waals surface area contributed by atoms with Crippen molar-refractivity contribution in [1.82, 2.24) is 0 Å². The predicted molar refractivity (Wildman–Crippen MR) is 123 cm³/mol. The molecular weight excluding hydrogens is 410 g/mol. The molecule has 0 fully saturated rings. The summed E-state index contributed by atoms with van der Waals surface area (Å²) in [6.45, 7) is 5.98. The molecule has 1 aliphatic carbocycles. The lowest BCUT2D eigenvalue weighted by Gasteiger charge is -2.23. The van der Waals surface area contributed by atoms with Crippen molar-refractivity contribution in [1.29, 1.82) is 0 Å². The van der Waals surface area contributed by atoms with Gasteiger partial charge in [0.05, 0.1) is 10.6 Å². The first kappa shape index (κ1) is 21.6. The molecule has 0 spiro atoms. The van der Waals surface area contributed by atoms with Crippen molar-refractivity contribution in [2.24, 2.45) is 0 Å². The molecule has 0 radical (unpaired) electrons. The summed E-state index contributed by atoms with van der Waals surface area (Å²) < 4.78 is 34.1. The van der Waals surface area contributed by atoms with Gasteiger partial charge in [-0.05, 0) is 67.5 Å². The van der Waals surface area contributed by atoms with Gasteiger partial charge in [-0.1, -0.05) is 32.9 Å². The van der Waals surface area contributed by atoms with Crippen LogP contribution in [0, 0.1) is 0 Å². The molecule has 1 aliphatic rings. The minimum atomic E-state index is -4.04. The lowest BCUT2D eigenvalue weighted by atomic mass is 9.96. The maximum absolute atomic E-state index is 13.6. The lowest BCUT2D eigenvalue weighted by molar-refractivity contribution is -0.117. The molecular formula is C25H29NO4S. The summed E-state index contributed by atoms with van der Waals surface area (Å²) in [4.78, 5) is 13.1. The molecule has 0 aliphatic heterocycles. The molecule has 0 bridgehead atoms. The normalized spacial score (nSPS) is 14.1. The molecule has 6 heteroatoms. The van der Waals surface area contributed by atoms with Crippen LogP contribution in [0.25, 0.3) is 11.0 Å². The summed E-state index contributed by atoms with van der Waals surface area (Å²) in [6, 6.07) is 12.1. The van der Waals surface area contributed by atoms with E-state index in [1.54, 1.807) is 30.3 Å². The van der Waals surface area contributed by atoms with E-state index in [1.165, 1.54) is 0 Å². The highest BCUT2D eigenvalue weighted by Gasteiger charge is 2.31. The number of benzene rings is 2. The molecule has 0 saturated heterocycles. The number of carbonyl (C=O) groups excluding carboxylic acids is 1. The van der Waals surface area contributed by atoms with Crippen LogP contribution in [0.4, 0.5) is 5.69 Å². The Morgan fingerprint density at radius 1 is 1.06 bits per heavy atom. The maximum atomic E-state index is 13.6. The first-order valence-corrected chi connectivity index (χ1v) is 12.5. The minimum Gasteiger partial charge on any atom is -0.461 e. The molecule has 3 aromatic rings. The number of hydrogen-bond donors (Lipinski definition) is 0. The molecule has 4 rings (SSSR count). The van der Waals surface area contributed by atoms with E-state index in [2.05, 4.69) is 13.8 Å². The first-order valence-electron chi connectivity index (χ1n) is 11.1. The van der Waals surface area contributed by atoms with E-state index < -0.39 is 15.9 Å². The number of aryl methyl sites for hydroxylation is 2. The van der Waals surface area contributed by atoms with Crippen LogP contribution in [0.5, 0.6) is 0 Å². The van der Waals surface area contributed by atoms with Gasteiger partial charge in [0.25, 0.3) is 10.0 Å². The molecule has 164 valence electrons. The van der Waals surface area contributed by atoms with Gasteiger partial charge in [0, 0.05) is 23.8 Å². The van der Waals surface area contributed by atoms with Crippen molar-refractivity contribution in [3.05, 3.63) is 59.4 Å². The number of sulfonamides is 1. The number of nitrogens with zero attached hydrogens (tertiary/aromatic N) is 1. The summed E-state index contributed by atoms with van der Waals surface area (Å²) >= 11 is 0. The highest BCUT2D eigenvalue weighted by Crippen LogP contribution is 2.36. The molecule has 0 N–H and O–H groups in total. The molecule has 1 heterocycles. The van der Waals surface area contributed by atoms with E-state index >= 15 is 0 Å². The van der Waals surface area contributed by atoms with Crippen molar-refractivity contribution in [2.75, 3.05) is 4.31 Å². The molecule has 0 saturated carbocycles. The fourth-order valence-corrected chi connectivity index (χ4v) is 5.68. The maximum Gasteiger partial charge on any atom is 0.270 e. The summed E-state index contributed by atoms with van der Waals surface area (Å²) in [5.74, 6) is 0.855. The Hall–Kier alpha value is -2.60. The summed E-state index contributed by atoms with van der Waals surface area (Å²) in [5.41, 5.74) is 3.31. The van der Waals surface area contributed by atoms with E-state index in [0.717, 1.165) is 57.8 Å². The van der Waals surface area contributed by atoms with Crippen LogP contribution >= 0.6 is 0 Å². The molecule has 31 heavy (non-hydrogen) atoms. The average Bonchev–Trinajstić information content (AvgIpc) is 3.12. The Morgan fingerprint density at radius 3 is 2.45 bits per heavy atom. The van der Waals surface area contributed by atoms with Gasteiger partial charge in [0.1, 0.15) is 11.3 Å². The zero-order chi connectivity index (χ0) is 22.2. The van der Waals surface area contributed by atoms with E-state index in [0.29, 0.717) is 18.0 Å². The second-order valence-electron chi connectivity index (χ2n) is 8.53. The second kappa shape index (κ2) is 8.50. The number of amides is 1. The van der Waals surface area contributed by atoms with Crippen LogP contribution in [0.2, 0.25) is 0 Å². The van der Waals surface area contributed by atoms with Crippen LogP contribution < -0.4 is 4.31 Å². The fraction of sp³-hybridized carbons (Fsp3) is 0.400. The van der Waals surface area contributed by atoms with Crippen molar-refractivity contribution in [2.45, 2.75) is 70.1 Å². The smallest absolute Gasteiger partial charge is 0.270 e. The highest BCUT2D eigenvalue weighted by molar-refractivity contribution is 7.93. The van der Waals surface area contributed by atoms with E-state index in [1.807, 2.05) is 19.1 Å². The molecule has 5 nitrogen and oxygen atoms in total. The molecule has 0 unspecified atom stereocenters. The van der Waals surface area contributed by atoms with Crippen LogP contribution in [0.1, 0.15) is 69.3 Å². The van der Waals surface area contributed by atoms with Gasteiger partial charge in [-0.15, -0.1) is 0 Å². The van der Waals surface area contributed by atoms with E-state index in [9.17, 15) is 13.2 Å². The van der Waals surface area contributed by atoms with Gasteiger partial charge in [-0.2, -0.15) is 0 Å². The monoisotopic (exact) mass is 439 g/mol. The van der Waals surface area contributed by atoms with Gasteiger partial charge < -0.3 is 4.42 Å². The third-order valence-corrected chi connectivity index (χ3v) is 7.71. The Labute approximate surface area is 184 Å². The number of fused-ring (bicyclic) bond motifs is 3. The van der Waals surface area contributed by atoms with Crippen LogP contribution in [-0.4, -0.2) is 14.3 Å². The van der Waals surface area contributed by atoms with Crippen molar-refractivity contribution in [3.63, 3.8) is 0 Å². The van der Waals surface area contributed by atoms with Gasteiger partial charge in [-0.3, -0.25) is 4.79 Å². The van der Waals surface area contributed by atoms with Crippen LogP contribution in [-0.2, 0) is 27.7 Å². The zero-order valence-electron chi connectivity index (χ0n) is 18.3. The van der Waals surface area contributed by atoms with Gasteiger partial charge in [0.2, 0.25) is 5.91 Å². The molecule has 1 amide bonds. The highest BCUT2D eigenvalue weighted by atomic mass is 32.2. The SMILES string of the molecule is CCCC(=O)N(c1ccc2oc3c(c2c1)CCCC3)S(=O)(=O)c1ccc(C(C)C)cc1. The number of rotatable bonds is 6. The lowest BCUT2D eigenvalue weighted by Crippen LogP contribution is -2.36. The van der Waals surface area contributed by atoms with Gasteiger partial charge in [-0.25, -0.2) is 12.7 Å². The van der Waals surface area contributed by atoms with Crippen molar-refractivity contribution in [3.8, 4) is 0 Å². The van der Waals surface area contributed by atoms with Gasteiger partial charge >= 0.3 is 0 Å². The number of furan rings is 1. The quantitative estimate of drug-likeness (QED) is 0.475. The third kappa shape index (κ3) is 4.01. The Balaban J connectivity index is 1.82. The zero-order valence-corrected chi connectivity index (χ0v) is 19.2. The predicted octanol–water partition coefficient (Wildman–Crippen LogP) is 5.96. The van der Waals surface area contributed by atoms with Gasteiger partial charge in [0.15, 0.2) is 0 Å². The van der Waals surface area contributed by atoms with E-state index in [-0.39, 0.29) is 11.3 Å². The Morgan fingerprint density at radius 2 is 1.77 bits per heavy atom. The second-order valence-corrected chi connectivity index (χ2v) is 10.3. The topological polar surface area (TPSA) is 67.6 Å². The Bertz CT molecular complexity index is 1210. The number of hydrogen-bond acceptors (Lipinski definition) is 4. The summed E-state index contributed by atoms with van der Waals surface area (Å²) in [5, 5.41) is 0.909. The van der Waals surface area contributed by atoms with E-state index in [4.69, 9.17) is 4.42 Å². The minimum absolute atomic E-state index is 0.121. The number of carbonyl (C=O) groups is 1.